The number of primary sulfonamides is 1. The van der Waals surface area contributed by atoms with Crippen molar-refractivity contribution >= 4 is 44.6 Å². The monoisotopic (exact) mass is 455 g/mol. The molecule has 4 rings (SSSR count). The fourth-order valence-electron chi connectivity index (χ4n) is 3.96. The largest absolute Gasteiger partial charge is 0.283 e. The number of nitrogens with zero attached hydrogens (tertiary/aromatic N) is 2. The van der Waals surface area contributed by atoms with Crippen LogP contribution in [0.3, 0.4) is 0 Å². The third-order valence-electron chi connectivity index (χ3n) is 5.51. The van der Waals surface area contributed by atoms with Crippen LogP contribution in [0, 0.1) is 6.92 Å². The maximum atomic E-state index is 13.3. The van der Waals surface area contributed by atoms with E-state index in [0.29, 0.717) is 15.8 Å². The molecule has 1 aliphatic carbocycles. The molecule has 1 saturated heterocycles. The van der Waals surface area contributed by atoms with Crippen molar-refractivity contribution in [2.75, 3.05) is 0 Å². The number of amides is 1. The second-order valence-corrected chi connectivity index (χ2v) is 10.5. The minimum absolute atomic E-state index is 0.0155. The van der Waals surface area contributed by atoms with Gasteiger partial charge < -0.3 is 0 Å². The van der Waals surface area contributed by atoms with E-state index in [2.05, 4.69) is 0 Å². The molecule has 2 aromatic rings. The molecule has 0 radical (unpaired) electrons. The average molecular weight is 456 g/mol. The molecule has 0 bridgehead atoms. The summed E-state index contributed by atoms with van der Waals surface area (Å²) >= 11 is 1.37. The van der Waals surface area contributed by atoms with Gasteiger partial charge in [0.25, 0.3) is 5.91 Å². The Morgan fingerprint density at radius 1 is 1.10 bits per heavy atom. The maximum Gasteiger partial charge on any atom is 0.267 e. The summed E-state index contributed by atoms with van der Waals surface area (Å²) in [4.78, 5) is 20.6. The zero-order chi connectivity index (χ0) is 22.0. The minimum Gasteiger partial charge on any atom is -0.283 e. The van der Waals surface area contributed by atoms with Gasteiger partial charge in [-0.15, -0.1) is 0 Å². The molecule has 8 heteroatoms. The van der Waals surface area contributed by atoms with Crippen LogP contribution in [0.25, 0.3) is 6.08 Å². The van der Waals surface area contributed by atoms with Gasteiger partial charge in [-0.05, 0) is 67.4 Å². The van der Waals surface area contributed by atoms with Gasteiger partial charge in [0.2, 0.25) is 10.0 Å². The lowest BCUT2D eigenvalue weighted by molar-refractivity contribution is -0.124. The van der Waals surface area contributed by atoms with Crippen LogP contribution >= 0.6 is 11.8 Å². The van der Waals surface area contributed by atoms with Gasteiger partial charge in [0, 0.05) is 6.04 Å². The second-order valence-electron chi connectivity index (χ2n) is 7.93. The number of rotatable bonds is 4. The first-order chi connectivity index (χ1) is 14.8. The Morgan fingerprint density at radius 3 is 2.45 bits per heavy atom. The van der Waals surface area contributed by atoms with Crippen LogP contribution in [0.1, 0.15) is 43.2 Å². The molecule has 1 aliphatic heterocycles. The van der Waals surface area contributed by atoms with Crippen LogP contribution in [0.2, 0.25) is 0 Å². The van der Waals surface area contributed by atoms with E-state index in [-0.39, 0.29) is 16.8 Å². The topological polar surface area (TPSA) is 92.8 Å². The Kier molecular flexibility index (Phi) is 6.31. The van der Waals surface area contributed by atoms with Crippen molar-refractivity contribution in [3.63, 3.8) is 0 Å². The number of aliphatic imine (C=N–C) groups is 1. The highest BCUT2D eigenvalue weighted by atomic mass is 32.2. The molecule has 1 amide bonds. The number of carbonyl (C=O) groups is 1. The highest BCUT2D eigenvalue weighted by Gasteiger charge is 2.38. The van der Waals surface area contributed by atoms with Crippen molar-refractivity contribution < 1.29 is 13.2 Å². The number of amidine groups is 1. The van der Waals surface area contributed by atoms with Crippen LogP contribution in [-0.4, -0.2) is 30.4 Å². The van der Waals surface area contributed by atoms with E-state index < -0.39 is 10.0 Å². The second kappa shape index (κ2) is 8.98. The number of hydrogen-bond acceptors (Lipinski definition) is 5. The van der Waals surface area contributed by atoms with Gasteiger partial charge in [-0.2, -0.15) is 0 Å². The molecule has 2 aromatic carbocycles. The Balaban J connectivity index is 1.69. The molecule has 2 N–H and O–H groups in total. The van der Waals surface area contributed by atoms with E-state index >= 15 is 0 Å². The van der Waals surface area contributed by atoms with E-state index in [1.54, 1.807) is 12.1 Å². The van der Waals surface area contributed by atoms with E-state index in [0.717, 1.165) is 36.8 Å². The lowest BCUT2D eigenvalue weighted by Crippen LogP contribution is -2.40. The number of benzene rings is 2. The summed E-state index contributed by atoms with van der Waals surface area (Å²) in [7, 11) is -3.76. The SMILES string of the molecule is Cc1cccc(C=C2SC(=Nc3ccc(S(N)(=O)=O)cc3)N(C3CCCCC3)C2=O)c1. The number of aryl methyl sites for hydroxylation is 1. The molecular weight excluding hydrogens is 430 g/mol. The van der Waals surface area contributed by atoms with Gasteiger partial charge in [-0.3, -0.25) is 9.69 Å². The van der Waals surface area contributed by atoms with Gasteiger partial charge in [0.15, 0.2) is 5.17 Å². The third-order valence-corrected chi connectivity index (χ3v) is 7.42. The Bertz CT molecular complexity index is 1150. The van der Waals surface area contributed by atoms with E-state index in [9.17, 15) is 13.2 Å². The molecule has 0 aromatic heterocycles. The quantitative estimate of drug-likeness (QED) is 0.683. The van der Waals surface area contributed by atoms with Gasteiger partial charge >= 0.3 is 0 Å². The molecule has 1 saturated carbocycles. The van der Waals surface area contributed by atoms with Crippen molar-refractivity contribution in [1.29, 1.82) is 0 Å². The smallest absolute Gasteiger partial charge is 0.267 e. The fraction of sp³-hybridized carbons (Fsp3) is 0.304. The van der Waals surface area contributed by atoms with Crippen LogP contribution in [-0.2, 0) is 14.8 Å². The predicted octanol–water partition coefficient (Wildman–Crippen LogP) is 4.58. The van der Waals surface area contributed by atoms with Gasteiger partial charge in [0.05, 0.1) is 15.5 Å². The number of thioether (sulfide) groups is 1. The number of nitrogens with two attached hydrogens (primary N) is 1. The summed E-state index contributed by atoms with van der Waals surface area (Å²) in [5.41, 5.74) is 2.70. The van der Waals surface area contributed by atoms with Crippen molar-refractivity contribution in [2.45, 2.75) is 50.0 Å². The highest BCUT2D eigenvalue weighted by molar-refractivity contribution is 8.18. The first-order valence-electron chi connectivity index (χ1n) is 10.3. The average Bonchev–Trinajstić information content (AvgIpc) is 3.03. The molecule has 6 nitrogen and oxygen atoms in total. The third kappa shape index (κ3) is 5.08. The molecule has 1 heterocycles. The zero-order valence-corrected chi connectivity index (χ0v) is 19.0. The number of carbonyl (C=O) groups excluding carboxylic acids is 1. The maximum absolute atomic E-state index is 13.3. The van der Waals surface area contributed by atoms with E-state index in [1.165, 1.54) is 30.3 Å². The highest BCUT2D eigenvalue weighted by Crippen LogP contribution is 2.38. The molecule has 31 heavy (non-hydrogen) atoms. The van der Waals surface area contributed by atoms with Crippen LogP contribution in [0.4, 0.5) is 5.69 Å². The summed E-state index contributed by atoms with van der Waals surface area (Å²) in [6.45, 7) is 2.03. The molecule has 0 unspecified atom stereocenters. The zero-order valence-electron chi connectivity index (χ0n) is 17.3. The Labute approximate surface area is 187 Å². The van der Waals surface area contributed by atoms with Crippen molar-refractivity contribution in [2.24, 2.45) is 10.1 Å². The van der Waals surface area contributed by atoms with Crippen LogP contribution < -0.4 is 5.14 Å². The standard InChI is InChI=1S/C23H25N3O3S2/c1-16-6-5-7-17(14-16)15-21-22(27)26(19-8-3-2-4-9-19)23(30-21)25-18-10-12-20(13-11-18)31(24,28)29/h5-7,10-15,19H,2-4,8-9H2,1H3,(H2,24,28,29). The van der Waals surface area contributed by atoms with Crippen molar-refractivity contribution in [1.82, 2.24) is 4.90 Å². The summed E-state index contributed by atoms with van der Waals surface area (Å²) in [5.74, 6) is -0.0155. The number of sulfonamides is 1. The van der Waals surface area contributed by atoms with E-state index in [1.807, 2.05) is 42.2 Å². The van der Waals surface area contributed by atoms with Gasteiger partial charge in [-0.25, -0.2) is 18.5 Å². The van der Waals surface area contributed by atoms with Crippen LogP contribution in [0.15, 0.2) is 63.3 Å². The van der Waals surface area contributed by atoms with Crippen molar-refractivity contribution in [3.05, 3.63) is 64.6 Å². The van der Waals surface area contributed by atoms with Gasteiger partial charge in [-0.1, -0.05) is 49.1 Å². The normalized spacial score (nSPS) is 20.7. The molecule has 0 spiro atoms. The Morgan fingerprint density at radius 2 is 1.81 bits per heavy atom. The minimum atomic E-state index is -3.76. The number of hydrogen-bond donors (Lipinski definition) is 1. The molecule has 2 aliphatic rings. The van der Waals surface area contributed by atoms with Crippen LogP contribution in [0.5, 0.6) is 0 Å². The summed E-state index contributed by atoms with van der Waals surface area (Å²) in [5, 5.41) is 5.82. The Hall–Kier alpha value is -2.42. The lowest BCUT2D eigenvalue weighted by Gasteiger charge is -2.30. The first kappa shape index (κ1) is 21.8. The predicted molar refractivity (Wildman–Crippen MR) is 125 cm³/mol. The summed E-state index contributed by atoms with van der Waals surface area (Å²) in [6, 6.07) is 14.3. The summed E-state index contributed by atoms with van der Waals surface area (Å²) < 4.78 is 23.0. The first-order valence-corrected chi connectivity index (χ1v) is 12.7. The molecular formula is C23H25N3O3S2. The molecule has 2 fully saturated rings. The van der Waals surface area contributed by atoms with E-state index in [4.69, 9.17) is 10.1 Å². The lowest BCUT2D eigenvalue weighted by atomic mass is 9.94. The fourth-order valence-corrected chi connectivity index (χ4v) is 5.53. The van der Waals surface area contributed by atoms with Crippen molar-refractivity contribution in [3.8, 4) is 0 Å². The molecule has 0 atom stereocenters. The molecule has 162 valence electrons. The summed E-state index contributed by atoms with van der Waals surface area (Å²) in [6.07, 6.45) is 7.25. The van der Waals surface area contributed by atoms with Gasteiger partial charge in [0.1, 0.15) is 0 Å².